The van der Waals surface area contributed by atoms with Crippen molar-refractivity contribution < 1.29 is 33.4 Å². The zero-order valence-corrected chi connectivity index (χ0v) is 19.9. The van der Waals surface area contributed by atoms with E-state index in [4.69, 9.17) is 18.7 Å². The first-order chi connectivity index (χ1) is 16.9. The van der Waals surface area contributed by atoms with Gasteiger partial charge in [-0.15, -0.1) is 0 Å². The molecule has 9 nitrogen and oxygen atoms in total. The van der Waals surface area contributed by atoms with Gasteiger partial charge in [-0.25, -0.2) is 0 Å². The Labute approximate surface area is 202 Å². The Hall–Kier alpha value is -4.27. The molecule has 182 valence electrons. The van der Waals surface area contributed by atoms with Crippen molar-refractivity contribution in [3.63, 3.8) is 0 Å². The molecule has 1 aliphatic rings. The topological polar surface area (TPSA) is 111 Å². The number of aliphatic hydroxyl groups excluding tert-OH is 1. The summed E-state index contributed by atoms with van der Waals surface area (Å²) in [6.45, 7) is 4.19. The monoisotopic (exact) mass is 478 g/mol. The molecule has 1 aromatic heterocycles. The van der Waals surface area contributed by atoms with Gasteiger partial charge in [0.2, 0.25) is 0 Å². The summed E-state index contributed by atoms with van der Waals surface area (Å²) in [5.74, 6) is 0.0213. The van der Waals surface area contributed by atoms with Crippen LogP contribution >= 0.6 is 0 Å². The lowest BCUT2D eigenvalue weighted by Gasteiger charge is -2.23. The highest BCUT2D eigenvalue weighted by Crippen LogP contribution is 2.43. The fourth-order valence-electron chi connectivity index (χ4n) is 3.98. The number of aliphatic hydroxyl groups is 1. The van der Waals surface area contributed by atoms with Crippen molar-refractivity contribution in [2.45, 2.75) is 26.3 Å². The predicted molar refractivity (Wildman–Crippen MR) is 128 cm³/mol. The molecule has 35 heavy (non-hydrogen) atoms. The normalized spacial score (nSPS) is 17.0. The molecule has 0 radical (unpaired) electrons. The number of amides is 1. The van der Waals surface area contributed by atoms with Gasteiger partial charge in [-0.3, -0.25) is 14.5 Å². The molecule has 0 aliphatic carbocycles. The van der Waals surface area contributed by atoms with Crippen LogP contribution in [0.3, 0.4) is 0 Å². The Morgan fingerprint density at radius 2 is 1.86 bits per heavy atom. The molecule has 1 aliphatic heterocycles. The smallest absolute Gasteiger partial charge is 0.301 e. The molecule has 2 aromatic carbocycles. The number of methoxy groups -OCH3 is 2. The summed E-state index contributed by atoms with van der Waals surface area (Å²) in [7, 11) is 2.96. The van der Waals surface area contributed by atoms with Crippen LogP contribution in [0.2, 0.25) is 0 Å². The van der Waals surface area contributed by atoms with Gasteiger partial charge in [0.15, 0.2) is 17.3 Å². The van der Waals surface area contributed by atoms with Gasteiger partial charge in [-0.2, -0.15) is 0 Å². The number of Topliss-reactive ketones (excluding diaryl/α,β-unsaturated/α-hetero) is 1. The van der Waals surface area contributed by atoms with Crippen molar-refractivity contribution in [2.75, 3.05) is 25.7 Å². The number of anilines is 1. The van der Waals surface area contributed by atoms with Gasteiger partial charge < -0.3 is 23.8 Å². The second-order valence-electron chi connectivity index (χ2n) is 7.96. The van der Waals surface area contributed by atoms with E-state index in [1.54, 1.807) is 55.5 Å². The van der Waals surface area contributed by atoms with Crippen LogP contribution in [-0.2, 0) is 9.59 Å². The minimum atomic E-state index is -0.960. The Morgan fingerprint density at radius 1 is 1.09 bits per heavy atom. The summed E-state index contributed by atoms with van der Waals surface area (Å²) in [6, 6.07) is 12.4. The van der Waals surface area contributed by atoms with Crippen molar-refractivity contribution in [2.24, 2.45) is 0 Å². The molecular formula is C26H26N2O7. The largest absolute Gasteiger partial charge is 0.507 e. The number of ketones is 1. The molecule has 0 saturated carbocycles. The lowest BCUT2D eigenvalue weighted by Crippen LogP contribution is -2.29. The number of nitrogens with zero attached hydrogens (tertiary/aromatic N) is 2. The number of benzene rings is 2. The van der Waals surface area contributed by atoms with Crippen LogP contribution in [0.15, 0.2) is 58.6 Å². The Kier molecular flexibility index (Phi) is 6.77. The van der Waals surface area contributed by atoms with Crippen LogP contribution in [-0.4, -0.2) is 42.8 Å². The van der Waals surface area contributed by atoms with Crippen LogP contribution in [0.1, 0.15) is 36.3 Å². The number of ether oxygens (including phenoxy) is 3. The highest BCUT2D eigenvalue weighted by Gasteiger charge is 2.48. The summed E-state index contributed by atoms with van der Waals surface area (Å²) in [5.41, 5.74) is 0.774. The van der Waals surface area contributed by atoms with Crippen molar-refractivity contribution in [1.82, 2.24) is 5.16 Å². The molecule has 1 N–H and O–H groups in total. The number of hydrogen-bond donors (Lipinski definition) is 1. The molecule has 1 atom stereocenters. The molecule has 3 aromatic rings. The third-order valence-electron chi connectivity index (χ3n) is 5.61. The first-order valence-corrected chi connectivity index (χ1v) is 11.1. The number of carbonyl (C=O) groups is 2. The van der Waals surface area contributed by atoms with Gasteiger partial charge in [-0.1, -0.05) is 24.2 Å². The zero-order valence-electron chi connectivity index (χ0n) is 19.9. The standard InChI is InChI=1S/C26H26N2O7/c1-5-11-34-18-8-6-7-16(13-18)23-22(24(29)17-9-10-19(32-3)20(14-17)33-4)25(30)26(31)28(23)21-12-15(2)35-27-21/h6-10,12-14,23,29H,5,11H2,1-4H3/t23-/m1/s1. The highest BCUT2D eigenvalue weighted by atomic mass is 16.5. The van der Waals surface area contributed by atoms with Crippen molar-refractivity contribution in [1.29, 1.82) is 0 Å². The predicted octanol–water partition coefficient (Wildman–Crippen LogP) is 4.42. The quantitative estimate of drug-likeness (QED) is 0.288. The summed E-state index contributed by atoms with van der Waals surface area (Å²) >= 11 is 0. The summed E-state index contributed by atoms with van der Waals surface area (Å²) in [4.78, 5) is 27.7. The second-order valence-corrected chi connectivity index (χ2v) is 7.96. The molecule has 1 amide bonds. The van der Waals surface area contributed by atoms with Gasteiger partial charge in [0, 0.05) is 11.6 Å². The number of carbonyl (C=O) groups excluding carboxylic acids is 2. The Morgan fingerprint density at radius 3 is 2.51 bits per heavy atom. The van der Waals surface area contributed by atoms with E-state index in [2.05, 4.69) is 5.16 Å². The molecular weight excluding hydrogens is 452 g/mol. The van der Waals surface area contributed by atoms with E-state index in [-0.39, 0.29) is 17.2 Å². The lowest BCUT2D eigenvalue weighted by atomic mass is 9.95. The van der Waals surface area contributed by atoms with Crippen LogP contribution in [0.25, 0.3) is 5.76 Å². The van der Waals surface area contributed by atoms with E-state index in [1.165, 1.54) is 19.1 Å². The first kappa shape index (κ1) is 23.9. The van der Waals surface area contributed by atoms with Gasteiger partial charge in [0.05, 0.1) is 32.4 Å². The summed E-state index contributed by atoms with van der Waals surface area (Å²) < 4.78 is 21.5. The van der Waals surface area contributed by atoms with Crippen LogP contribution < -0.4 is 19.1 Å². The molecule has 9 heteroatoms. The third-order valence-corrected chi connectivity index (χ3v) is 5.61. The fraction of sp³-hybridized carbons (Fsp3) is 0.269. The number of aromatic nitrogens is 1. The molecule has 0 bridgehead atoms. The minimum absolute atomic E-state index is 0.0875. The lowest BCUT2D eigenvalue weighted by molar-refractivity contribution is -0.132. The van der Waals surface area contributed by atoms with Crippen molar-refractivity contribution >= 4 is 23.3 Å². The van der Waals surface area contributed by atoms with Crippen LogP contribution in [0.4, 0.5) is 5.82 Å². The van der Waals surface area contributed by atoms with Crippen LogP contribution in [0.5, 0.6) is 17.2 Å². The summed E-state index contributed by atoms with van der Waals surface area (Å²) in [5, 5.41) is 15.3. The van der Waals surface area contributed by atoms with E-state index in [1.807, 2.05) is 6.92 Å². The van der Waals surface area contributed by atoms with E-state index < -0.39 is 17.7 Å². The summed E-state index contributed by atoms with van der Waals surface area (Å²) in [6.07, 6.45) is 0.820. The average molecular weight is 479 g/mol. The maximum absolute atomic E-state index is 13.3. The van der Waals surface area contributed by atoms with Crippen molar-refractivity contribution in [3.05, 3.63) is 71.0 Å². The Bertz CT molecular complexity index is 1290. The SMILES string of the molecule is CCCOc1cccc([C@@H]2C(=C(O)c3ccc(OC)c(OC)c3)C(=O)C(=O)N2c2cc(C)on2)c1. The molecule has 4 rings (SSSR count). The van der Waals surface area contributed by atoms with E-state index in [0.29, 0.717) is 40.7 Å². The molecule has 2 heterocycles. The molecule has 1 saturated heterocycles. The van der Waals surface area contributed by atoms with Crippen LogP contribution in [0, 0.1) is 6.92 Å². The second kappa shape index (κ2) is 9.92. The van der Waals surface area contributed by atoms with E-state index in [0.717, 1.165) is 6.42 Å². The van der Waals surface area contributed by atoms with Gasteiger partial charge in [-0.05, 0) is 49.2 Å². The maximum Gasteiger partial charge on any atom is 0.301 e. The number of rotatable bonds is 8. The third kappa shape index (κ3) is 4.44. The molecule has 0 unspecified atom stereocenters. The zero-order chi connectivity index (χ0) is 25.1. The molecule has 0 spiro atoms. The number of aryl methyl sites for hydroxylation is 1. The fourth-order valence-corrected chi connectivity index (χ4v) is 3.98. The Balaban J connectivity index is 1.91. The van der Waals surface area contributed by atoms with Gasteiger partial charge in [0.1, 0.15) is 17.3 Å². The first-order valence-electron chi connectivity index (χ1n) is 11.1. The highest BCUT2D eigenvalue weighted by molar-refractivity contribution is 6.51. The molecule has 1 fully saturated rings. The van der Waals surface area contributed by atoms with Crippen molar-refractivity contribution in [3.8, 4) is 17.2 Å². The van der Waals surface area contributed by atoms with E-state index >= 15 is 0 Å². The van der Waals surface area contributed by atoms with Gasteiger partial charge in [0.25, 0.3) is 5.78 Å². The van der Waals surface area contributed by atoms with E-state index in [9.17, 15) is 14.7 Å². The average Bonchev–Trinajstić information content (AvgIpc) is 3.42. The number of hydrogen-bond acceptors (Lipinski definition) is 8. The minimum Gasteiger partial charge on any atom is -0.507 e. The maximum atomic E-state index is 13.3. The van der Waals surface area contributed by atoms with Gasteiger partial charge >= 0.3 is 5.91 Å².